The number of nitrogens with one attached hydrogen (secondary N) is 1. The van der Waals surface area contributed by atoms with Crippen LogP contribution in [-0.2, 0) is 4.79 Å². The standard InChI is InChI=1S/C23H23N5O2S/c1-14-5-7-18(11-16(14)3)24-20(29)13-31-23-26-25-21-22(30)27(9-10-28(21)23)19-8-6-15(2)17(4)12-19/h5-12H,13H2,1-4H3,(H,24,29). The summed E-state index contributed by atoms with van der Waals surface area (Å²) in [5.41, 5.74) is 6.07. The van der Waals surface area contributed by atoms with Crippen molar-refractivity contribution in [3.63, 3.8) is 0 Å². The molecular formula is C23H23N5O2S. The zero-order valence-corrected chi connectivity index (χ0v) is 18.7. The summed E-state index contributed by atoms with van der Waals surface area (Å²) in [6.45, 7) is 8.08. The molecule has 0 aliphatic carbocycles. The second-order valence-corrected chi connectivity index (χ2v) is 8.50. The number of carbonyl (C=O) groups excluding carboxylic acids is 1. The van der Waals surface area contributed by atoms with Crippen LogP contribution in [-0.4, -0.2) is 30.8 Å². The van der Waals surface area contributed by atoms with E-state index in [1.165, 1.54) is 17.3 Å². The molecule has 0 bridgehead atoms. The van der Waals surface area contributed by atoms with Crippen molar-refractivity contribution in [3.8, 4) is 5.69 Å². The van der Waals surface area contributed by atoms with Gasteiger partial charge in [-0.2, -0.15) is 0 Å². The number of nitrogens with zero attached hydrogens (tertiary/aromatic N) is 4. The average molecular weight is 434 g/mol. The Hall–Kier alpha value is -3.39. The van der Waals surface area contributed by atoms with Crippen LogP contribution < -0.4 is 10.9 Å². The van der Waals surface area contributed by atoms with E-state index in [-0.39, 0.29) is 22.9 Å². The maximum atomic E-state index is 12.9. The molecule has 1 N–H and O–H groups in total. The fourth-order valence-corrected chi connectivity index (χ4v) is 3.91. The highest BCUT2D eigenvalue weighted by molar-refractivity contribution is 7.99. The minimum atomic E-state index is -0.260. The topological polar surface area (TPSA) is 81.3 Å². The van der Waals surface area contributed by atoms with Crippen LogP contribution in [0.4, 0.5) is 5.69 Å². The number of fused-ring (bicyclic) bond motifs is 1. The first kappa shape index (κ1) is 20.9. The highest BCUT2D eigenvalue weighted by Crippen LogP contribution is 2.19. The predicted molar refractivity (Wildman–Crippen MR) is 123 cm³/mol. The molecule has 0 saturated heterocycles. The van der Waals surface area contributed by atoms with Crippen LogP contribution in [0.15, 0.2) is 58.7 Å². The molecule has 0 radical (unpaired) electrons. The number of anilines is 1. The van der Waals surface area contributed by atoms with E-state index in [0.29, 0.717) is 5.16 Å². The predicted octanol–water partition coefficient (Wildman–Crippen LogP) is 3.84. The van der Waals surface area contributed by atoms with Gasteiger partial charge in [0.25, 0.3) is 0 Å². The van der Waals surface area contributed by atoms with Crippen molar-refractivity contribution in [3.05, 3.63) is 81.4 Å². The smallest absolute Gasteiger partial charge is 0.300 e. The van der Waals surface area contributed by atoms with Gasteiger partial charge in [-0.25, -0.2) is 0 Å². The van der Waals surface area contributed by atoms with E-state index in [9.17, 15) is 9.59 Å². The summed E-state index contributed by atoms with van der Waals surface area (Å²) < 4.78 is 3.17. The van der Waals surface area contributed by atoms with E-state index < -0.39 is 0 Å². The molecule has 2 aromatic carbocycles. The number of carbonyl (C=O) groups is 1. The monoisotopic (exact) mass is 433 g/mol. The van der Waals surface area contributed by atoms with Crippen LogP contribution in [0.5, 0.6) is 0 Å². The minimum Gasteiger partial charge on any atom is -0.325 e. The molecule has 4 rings (SSSR count). The zero-order valence-electron chi connectivity index (χ0n) is 17.8. The quantitative estimate of drug-likeness (QED) is 0.484. The number of aromatic nitrogens is 4. The van der Waals surface area contributed by atoms with E-state index in [1.807, 2.05) is 64.1 Å². The lowest BCUT2D eigenvalue weighted by atomic mass is 10.1. The summed E-state index contributed by atoms with van der Waals surface area (Å²) in [4.78, 5) is 25.3. The molecular weight excluding hydrogens is 410 g/mol. The van der Waals surface area contributed by atoms with Gasteiger partial charge in [-0.1, -0.05) is 23.9 Å². The SMILES string of the molecule is Cc1ccc(NC(=O)CSc2nnc3c(=O)n(-c4ccc(C)c(C)c4)ccn23)cc1C. The third-order valence-electron chi connectivity index (χ3n) is 5.33. The van der Waals surface area contributed by atoms with Gasteiger partial charge in [0.2, 0.25) is 11.6 Å². The number of aryl methyl sites for hydroxylation is 4. The zero-order chi connectivity index (χ0) is 22.1. The molecule has 158 valence electrons. The normalized spacial score (nSPS) is 11.1. The van der Waals surface area contributed by atoms with Crippen LogP contribution in [0.3, 0.4) is 0 Å². The first-order valence-corrected chi connectivity index (χ1v) is 10.9. The molecule has 0 unspecified atom stereocenters. The number of thioether (sulfide) groups is 1. The molecule has 0 aliphatic rings. The number of benzene rings is 2. The van der Waals surface area contributed by atoms with Crippen molar-refractivity contribution in [1.82, 2.24) is 19.2 Å². The van der Waals surface area contributed by atoms with Crippen molar-refractivity contribution in [2.75, 3.05) is 11.1 Å². The third kappa shape index (κ3) is 4.25. The maximum Gasteiger partial charge on any atom is 0.300 e. The molecule has 0 saturated carbocycles. The van der Waals surface area contributed by atoms with Crippen molar-refractivity contribution < 1.29 is 4.79 Å². The minimum absolute atomic E-state index is 0.145. The Balaban J connectivity index is 1.52. The Bertz CT molecular complexity index is 1360. The third-order valence-corrected chi connectivity index (χ3v) is 6.27. The van der Waals surface area contributed by atoms with E-state index in [0.717, 1.165) is 28.1 Å². The number of hydrogen-bond acceptors (Lipinski definition) is 5. The van der Waals surface area contributed by atoms with E-state index >= 15 is 0 Å². The summed E-state index contributed by atoms with van der Waals surface area (Å²) in [7, 11) is 0. The summed E-state index contributed by atoms with van der Waals surface area (Å²) >= 11 is 1.24. The number of hydrogen-bond donors (Lipinski definition) is 1. The molecule has 0 fully saturated rings. The summed E-state index contributed by atoms with van der Waals surface area (Å²) in [5, 5.41) is 11.5. The van der Waals surface area contributed by atoms with Gasteiger partial charge in [0.05, 0.1) is 5.75 Å². The summed E-state index contributed by atoms with van der Waals surface area (Å²) in [6, 6.07) is 11.7. The highest BCUT2D eigenvalue weighted by atomic mass is 32.2. The van der Waals surface area contributed by atoms with Gasteiger partial charge >= 0.3 is 5.56 Å². The van der Waals surface area contributed by atoms with Crippen LogP contribution in [0.1, 0.15) is 22.3 Å². The van der Waals surface area contributed by atoms with Crippen molar-refractivity contribution >= 4 is 29.0 Å². The van der Waals surface area contributed by atoms with Gasteiger partial charge in [-0.05, 0) is 74.2 Å². The van der Waals surface area contributed by atoms with Crippen molar-refractivity contribution in [2.24, 2.45) is 0 Å². The van der Waals surface area contributed by atoms with Gasteiger partial charge in [0, 0.05) is 23.8 Å². The van der Waals surface area contributed by atoms with Gasteiger partial charge in [-0.15, -0.1) is 10.2 Å². The molecule has 1 amide bonds. The molecule has 31 heavy (non-hydrogen) atoms. The Kier molecular flexibility index (Phi) is 5.65. The number of rotatable bonds is 5. The Morgan fingerprint density at radius 2 is 1.65 bits per heavy atom. The summed E-state index contributed by atoms with van der Waals surface area (Å²) in [5.74, 6) is 0.0157. The number of amides is 1. The van der Waals surface area contributed by atoms with Crippen LogP contribution in [0.25, 0.3) is 11.3 Å². The van der Waals surface area contributed by atoms with Gasteiger partial charge in [-0.3, -0.25) is 18.6 Å². The maximum absolute atomic E-state index is 12.9. The Morgan fingerprint density at radius 1 is 0.935 bits per heavy atom. The lowest BCUT2D eigenvalue weighted by Crippen LogP contribution is -2.20. The average Bonchev–Trinajstić information content (AvgIpc) is 3.16. The first-order valence-electron chi connectivity index (χ1n) is 9.87. The molecule has 0 spiro atoms. The second-order valence-electron chi connectivity index (χ2n) is 7.55. The molecule has 2 heterocycles. The van der Waals surface area contributed by atoms with Crippen molar-refractivity contribution in [2.45, 2.75) is 32.9 Å². The molecule has 8 heteroatoms. The largest absolute Gasteiger partial charge is 0.325 e. The van der Waals surface area contributed by atoms with E-state index in [4.69, 9.17) is 0 Å². The fourth-order valence-electron chi connectivity index (χ4n) is 3.19. The molecule has 0 atom stereocenters. The summed E-state index contributed by atoms with van der Waals surface area (Å²) in [6.07, 6.45) is 3.44. The highest BCUT2D eigenvalue weighted by Gasteiger charge is 2.14. The van der Waals surface area contributed by atoms with Crippen molar-refractivity contribution in [1.29, 1.82) is 0 Å². The van der Waals surface area contributed by atoms with E-state index in [2.05, 4.69) is 15.5 Å². The lowest BCUT2D eigenvalue weighted by molar-refractivity contribution is -0.113. The molecule has 7 nitrogen and oxygen atoms in total. The van der Waals surface area contributed by atoms with Crippen LogP contribution in [0, 0.1) is 27.7 Å². The first-order chi connectivity index (χ1) is 14.8. The molecule has 0 aliphatic heterocycles. The molecule has 2 aromatic heterocycles. The van der Waals surface area contributed by atoms with E-state index in [1.54, 1.807) is 21.4 Å². The van der Waals surface area contributed by atoms with Crippen LogP contribution in [0.2, 0.25) is 0 Å². The van der Waals surface area contributed by atoms with Gasteiger partial charge in [0.1, 0.15) is 0 Å². The second kappa shape index (κ2) is 8.39. The molecule has 4 aromatic rings. The van der Waals surface area contributed by atoms with Gasteiger partial charge in [0.15, 0.2) is 5.16 Å². The lowest BCUT2D eigenvalue weighted by Gasteiger charge is -2.09. The van der Waals surface area contributed by atoms with Crippen LogP contribution >= 0.6 is 11.8 Å². The van der Waals surface area contributed by atoms with Gasteiger partial charge < -0.3 is 5.32 Å². The Labute approximate surface area is 184 Å². The Morgan fingerprint density at radius 3 is 2.35 bits per heavy atom. The fraction of sp³-hybridized carbons (Fsp3) is 0.217.